The molecule has 3 rings (SSSR count). The predicted octanol–water partition coefficient (Wildman–Crippen LogP) is 2.15. The minimum atomic E-state index is 0.167. The van der Waals surface area contributed by atoms with Crippen LogP contribution in [-0.4, -0.2) is 54.0 Å². The molecule has 0 aliphatic carbocycles. The highest BCUT2D eigenvalue weighted by atomic mass is 16.5. The summed E-state index contributed by atoms with van der Waals surface area (Å²) < 4.78 is 5.60. The van der Waals surface area contributed by atoms with Gasteiger partial charge in [0.15, 0.2) is 0 Å². The average Bonchev–Trinajstić information content (AvgIpc) is 3.00. The van der Waals surface area contributed by atoms with E-state index >= 15 is 0 Å². The zero-order valence-electron chi connectivity index (χ0n) is 13.5. The van der Waals surface area contributed by atoms with Crippen LogP contribution in [0, 0.1) is 6.92 Å². The second kappa shape index (κ2) is 6.01. The van der Waals surface area contributed by atoms with Crippen LogP contribution in [0.25, 0.3) is 10.9 Å². The third-order valence-electron chi connectivity index (χ3n) is 4.53. The number of ether oxygens (including phenoxy) is 1. The van der Waals surface area contributed by atoms with Crippen molar-refractivity contribution in [3.8, 4) is 5.75 Å². The molecule has 0 atom stereocenters. The van der Waals surface area contributed by atoms with Crippen LogP contribution in [0.4, 0.5) is 0 Å². The Kier molecular flexibility index (Phi) is 4.07. The van der Waals surface area contributed by atoms with Gasteiger partial charge in [-0.3, -0.25) is 9.69 Å². The molecule has 1 aromatic heterocycles. The molecule has 2 aromatic rings. The van der Waals surface area contributed by atoms with Crippen molar-refractivity contribution < 1.29 is 9.53 Å². The Morgan fingerprint density at radius 2 is 2.05 bits per heavy atom. The molecule has 0 radical (unpaired) electrons. The smallest absolute Gasteiger partial charge is 0.219 e. The average molecular weight is 301 g/mol. The van der Waals surface area contributed by atoms with Gasteiger partial charge >= 0.3 is 0 Å². The molecule has 1 saturated heterocycles. The normalized spacial score (nSPS) is 16.2. The van der Waals surface area contributed by atoms with Gasteiger partial charge in [0, 0.05) is 62.3 Å². The summed E-state index contributed by atoms with van der Waals surface area (Å²) in [5.41, 5.74) is 3.60. The summed E-state index contributed by atoms with van der Waals surface area (Å²) in [4.78, 5) is 19.0. The molecular weight excluding hydrogens is 278 g/mol. The van der Waals surface area contributed by atoms with Crippen molar-refractivity contribution in [1.82, 2.24) is 14.8 Å². The number of methoxy groups -OCH3 is 1. The van der Waals surface area contributed by atoms with E-state index in [-0.39, 0.29) is 5.91 Å². The van der Waals surface area contributed by atoms with Crippen LogP contribution < -0.4 is 4.74 Å². The Morgan fingerprint density at radius 3 is 2.68 bits per heavy atom. The van der Waals surface area contributed by atoms with Gasteiger partial charge in [0.2, 0.25) is 5.91 Å². The van der Waals surface area contributed by atoms with Gasteiger partial charge in [0.05, 0.1) is 7.11 Å². The first kappa shape index (κ1) is 14.9. The number of nitrogens with zero attached hydrogens (tertiary/aromatic N) is 2. The number of rotatable bonds is 3. The first-order valence-electron chi connectivity index (χ1n) is 7.71. The van der Waals surface area contributed by atoms with E-state index < -0.39 is 0 Å². The minimum Gasteiger partial charge on any atom is -0.496 e. The molecule has 0 saturated carbocycles. The Labute approximate surface area is 130 Å². The van der Waals surface area contributed by atoms with Crippen LogP contribution in [0.15, 0.2) is 18.3 Å². The topological polar surface area (TPSA) is 48.6 Å². The molecule has 2 heterocycles. The highest BCUT2D eigenvalue weighted by molar-refractivity contribution is 5.88. The second-order valence-corrected chi connectivity index (χ2v) is 5.92. The summed E-state index contributed by atoms with van der Waals surface area (Å²) in [6.45, 7) is 8.01. The molecule has 1 aliphatic rings. The third kappa shape index (κ3) is 2.68. The maximum absolute atomic E-state index is 11.4. The molecule has 0 bridgehead atoms. The Morgan fingerprint density at radius 1 is 1.32 bits per heavy atom. The van der Waals surface area contributed by atoms with Crippen molar-refractivity contribution >= 4 is 16.8 Å². The molecule has 1 N–H and O–H groups in total. The first-order chi connectivity index (χ1) is 10.6. The number of H-pyrrole nitrogens is 1. The zero-order chi connectivity index (χ0) is 15.7. The number of hydrogen-bond donors (Lipinski definition) is 1. The van der Waals surface area contributed by atoms with Gasteiger partial charge in [-0.1, -0.05) is 0 Å². The molecule has 1 amide bonds. The van der Waals surface area contributed by atoms with Crippen LogP contribution in [0.1, 0.15) is 18.1 Å². The highest BCUT2D eigenvalue weighted by Crippen LogP contribution is 2.31. The number of nitrogens with one attached hydrogen (secondary N) is 1. The van der Waals surface area contributed by atoms with E-state index in [9.17, 15) is 4.79 Å². The van der Waals surface area contributed by atoms with Gasteiger partial charge in [0.1, 0.15) is 5.75 Å². The second-order valence-electron chi connectivity index (χ2n) is 5.92. The van der Waals surface area contributed by atoms with Crippen LogP contribution in [0.5, 0.6) is 5.75 Å². The molecule has 1 fully saturated rings. The van der Waals surface area contributed by atoms with Gasteiger partial charge < -0.3 is 14.6 Å². The number of carbonyl (C=O) groups excluding carboxylic acids is 1. The number of benzene rings is 1. The summed E-state index contributed by atoms with van der Waals surface area (Å²) in [6.07, 6.45) is 1.98. The van der Waals surface area contributed by atoms with E-state index in [0.29, 0.717) is 0 Å². The fraction of sp³-hybridized carbons (Fsp3) is 0.471. The molecule has 22 heavy (non-hydrogen) atoms. The Balaban J connectivity index is 1.83. The van der Waals surface area contributed by atoms with Crippen molar-refractivity contribution in [2.24, 2.45) is 0 Å². The number of amides is 1. The highest BCUT2D eigenvalue weighted by Gasteiger charge is 2.21. The maximum Gasteiger partial charge on any atom is 0.219 e. The van der Waals surface area contributed by atoms with Crippen LogP contribution in [-0.2, 0) is 11.3 Å². The molecule has 0 spiro atoms. The largest absolute Gasteiger partial charge is 0.496 e. The third-order valence-corrected chi connectivity index (χ3v) is 4.53. The van der Waals surface area contributed by atoms with Crippen molar-refractivity contribution in [2.75, 3.05) is 33.3 Å². The molecule has 118 valence electrons. The van der Waals surface area contributed by atoms with Crippen molar-refractivity contribution in [2.45, 2.75) is 20.4 Å². The standard InChI is InChI=1S/C17H23N3O2/c1-12-10-16(22-3)15(14-4-5-18-17(12)14)11-19-6-8-20(9-7-19)13(2)21/h4-5,10,18H,6-9,11H2,1-3H3. The van der Waals surface area contributed by atoms with Gasteiger partial charge in [0.25, 0.3) is 0 Å². The number of aromatic amines is 1. The van der Waals surface area contributed by atoms with Crippen molar-refractivity contribution in [1.29, 1.82) is 0 Å². The SMILES string of the molecule is COc1cc(C)c2[nH]ccc2c1CN1CCN(C(C)=O)CC1. The number of aryl methyl sites for hydroxylation is 1. The lowest BCUT2D eigenvalue weighted by Crippen LogP contribution is -2.47. The zero-order valence-corrected chi connectivity index (χ0v) is 13.5. The monoisotopic (exact) mass is 301 g/mol. The fourth-order valence-corrected chi connectivity index (χ4v) is 3.23. The molecule has 5 nitrogen and oxygen atoms in total. The molecular formula is C17H23N3O2. The van der Waals surface area contributed by atoms with Crippen molar-refractivity contribution in [3.05, 3.63) is 29.5 Å². The summed E-state index contributed by atoms with van der Waals surface area (Å²) >= 11 is 0. The number of carbonyl (C=O) groups is 1. The Bertz CT molecular complexity index is 685. The summed E-state index contributed by atoms with van der Waals surface area (Å²) in [5.74, 6) is 1.11. The molecule has 1 aliphatic heterocycles. The lowest BCUT2D eigenvalue weighted by Gasteiger charge is -2.34. The molecule has 1 aromatic carbocycles. The lowest BCUT2D eigenvalue weighted by atomic mass is 10.0. The van der Waals surface area contributed by atoms with Crippen LogP contribution in [0.3, 0.4) is 0 Å². The lowest BCUT2D eigenvalue weighted by molar-refractivity contribution is -0.130. The summed E-state index contributed by atoms with van der Waals surface area (Å²) in [7, 11) is 1.73. The summed E-state index contributed by atoms with van der Waals surface area (Å²) in [5, 5.41) is 1.23. The first-order valence-corrected chi connectivity index (χ1v) is 7.71. The molecule has 0 unspecified atom stereocenters. The van der Waals surface area contributed by atoms with Gasteiger partial charge in [-0.2, -0.15) is 0 Å². The van der Waals surface area contributed by atoms with E-state index in [4.69, 9.17) is 4.74 Å². The summed E-state index contributed by atoms with van der Waals surface area (Å²) in [6, 6.07) is 4.21. The number of fused-ring (bicyclic) bond motifs is 1. The van der Waals surface area contributed by atoms with Crippen molar-refractivity contribution in [3.63, 3.8) is 0 Å². The van der Waals surface area contributed by atoms with E-state index in [1.54, 1.807) is 14.0 Å². The number of aromatic nitrogens is 1. The number of hydrogen-bond acceptors (Lipinski definition) is 3. The molecule has 5 heteroatoms. The predicted molar refractivity (Wildman–Crippen MR) is 87.1 cm³/mol. The number of piperazine rings is 1. The van der Waals surface area contributed by atoms with Gasteiger partial charge in [-0.15, -0.1) is 0 Å². The Hall–Kier alpha value is -2.01. The van der Waals surface area contributed by atoms with Crippen LogP contribution in [0.2, 0.25) is 0 Å². The van der Waals surface area contributed by atoms with E-state index in [1.165, 1.54) is 22.0 Å². The van der Waals surface area contributed by atoms with Crippen LogP contribution >= 0.6 is 0 Å². The maximum atomic E-state index is 11.4. The minimum absolute atomic E-state index is 0.167. The van der Waals surface area contributed by atoms with E-state index in [2.05, 4.69) is 28.9 Å². The van der Waals surface area contributed by atoms with Gasteiger partial charge in [-0.05, 0) is 24.6 Å². The van der Waals surface area contributed by atoms with E-state index in [1.807, 2.05) is 11.1 Å². The quantitative estimate of drug-likeness (QED) is 0.945. The van der Waals surface area contributed by atoms with E-state index in [0.717, 1.165) is 38.5 Å². The fourth-order valence-electron chi connectivity index (χ4n) is 3.23. The van der Waals surface area contributed by atoms with Gasteiger partial charge in [-0.25, -0.2) is 0 Å².